The molecule has 190 valence electrons. The molecule has 0 radical (unpaired) electrons. The third-order valence-corrected chi connectivity index (χ3v) is 6.19. The second-order valence-electron chi connectivity index (χ2n) is 7.89. The summed E-state index contributed by atoms with van der Waals surface area (Å²) in [5, 5.41) is 14.1. The molecule has 0 unspecified atom stereocenters. The SMILES string of the molecule is C=C/C=C(\C)C(=O)C(=C)/C(=C\C)Nc1ccc(N(O)CCCC(=O)c2ccccc2)cc1S(=O)(=O)O. The molecular weight excluding hydrogens is 480 g/mol. The maximum atomic E-state index is 12.6. The number of carbonyl (C=O) groups is 2. The van der Waals surface area contributed by atoms with E-state index in [2.05, 4.69) is 18.5 Å². The van der Waals surface area contributed by atoms with Crippen LogP contribution in [-0.2, 0) is 14.9 Å². The molecule has 9 heteroatoms. The van der Waals surface area contributed by atoms with Crippen molar-refractivity contribution in [2.45, 2.75) is 31.6 Å². The Balaban J connectivity index is 2.20. The molecule has 0 aliphatic heterocycles. The van der Waals surface area contributed by atoms with E-state index in [1.165, 1.54) is 24.3 Å². The van der Waals surface area contributed by atoms with Gasteiger partial charge in [-0.05, 0) is 44.0 Å². The van der Waals surface area contributed by atoms with Gasteiger partial charge in [0.1, 0.15) is 4.90 Å². The third-order valence-electron chi connectivity index (χ3n) is 5.29. The van der Waals surface area contributed by atoms with Crippen LogP contribution in [0.15, 0.2) is 102 Å². The first-order chi connectivity index (χ1) is 17.0. The van der Waals surface area contributed by atoms with E-state index in [1.807, 2.05) is 6.07 Å². The lowest BCUT2D eigenvalue weighted by molar-refractivity contribution is -0.112. The summed E-state index contributed by atoms with van der Waals surface area (Å²) in [7, 11) is -4.71. The Bertz CT molecular complexity index is 1310. The van der Waals surface area contributed by atoms with Crippen LogP contribution in [-0.4, -0.2) is 36.3 Å². The molecule has 0 heterocycles. The third kappa shape index (κ3) is 7.61. The van der Waals surface area contributed by atoms with Crippen LogP contribution in [0.25, 0.3) is 0 Å². The summed E-state index contributed by atoms with van der Waals surface area (Å²) in [4.78, 5) is 24.3. The molecule has 2 aromatic rings. The number of nitrogens with one attached hydrogen (secondary N) is 1. The summed E-state index contributed by atoms with van der Waals surface area (Å²) in [6.07, 6.45) is 5.05. The summed E-state index contributed by atoms with van der Waals surface area (Å²) in [5.74, 6) is -0.443. The summed E-state index contributed by atoms with van der Waals surface area (Å²) in [6.45, 7) is 10.6. The van der Waals surface area contributed by atoms with Crippen molar-refractivity contribution >= 4 is 33.1 Å². The largest absolute Gasteiger partial charge is 0.354 e. The second kappa shape index (κ2) is 12.8. The molecule has 8 nitrogen and oxygen atoms in total. The van der Waals surface area contributed by atoms with Crippen LogP contribution in [0.4, 0.5) is 11.4 Å². The molecule has 0 saturated heterocycles. The van der Waals surface area contributed by atoms with Crippen molar-refractivity contribution in [1.29, 1.82) is 0 Å². The van der Waals surface area contributed by atoms with Crippen LogP contribution in [0.5, 0.6) is 0 Å². The summed E-state index contributed by atoms with van der Waals surface area (Å²) >= 11 is 0. The fourth-order valence-corrected chi connectivity index (χ4v) is 4.02. The zero-order valence-corrected chi connectivity index (χ0v) is 21.1. The van der Waals surface area contributed by atoms with Gasteiger partial charge in [-0.3, -0.25) is 24.4 Å². The highest BCUT2D eigenvalue weighted by molar-refractivity contribution is 7.86. The zero-order chi connectivity index (χ0) is 26.9. The van der Waals surface area contributed by atoms with Crippen LogP contribution in [0.1, 0.15) is 37.0 Å². The first-order valence-electron chi connectivity index (χ1n) is 11.1. The van der Waals surface area contributed by atoms with Crippen LogP contribution in [0, 0.1) is 0 Å². The van der Waals surface area contributed by atoms with Gasteiger partial charge in [-0.2, -0.15) is 8.42 Å². The Morgan fingerprint density at radius 3 is 2.39 bits per heavy atom. The number of hydroxylamine groups is 1. The predicted molar refractivity (Wildman–Crippen MR) is 141 cm³/mol. The first-order valence-corrected chi connectivity index (χ1v) is 12.6. The fraction of sp³-hybridized carbons (Fsp3) is 0.185. The molecule has 0 fully saturated rings. The maximum Gasteiger partial charge on any atom is 0.296 e. The molecule has 3 N–H and O–H groups in total. The molecular formula is C27H30N2O6S. The van der Waals surface area contributed by atoms with Gasteiger partial charge in [-0.1, -0.05) is 61.7 Å². The highest BCUT2D eigenvalue weighted by Gasteiger charge is 2.21. The number of benzene rings is 2. The lowest BCUT2D eigenvalue weighted by atomic mass is 10.0. The quantitative estimate of drug-likeness (QED) is 0.108. The van der Waals surface area contributed by atoms with Gasteiger partial charge < -0.3 is 5.32 Å². The van der Waals surface area contributed by atoms with Gasteiger partial charge in [0.15, 0.2) is 11.6 Å². The van der Waals surface area contributed by atoms with Crippen LogP contribution < -0.4 is 10.4 Å². The van der Waals surface area contributed by atoms with Gasteiger partial charge in [-0.25, -0.2) is 0 Å². The topological polar surface area (TPSA) is 124 Å². The average molecular weight is 511 g/mol. The number of hydrogen-bond donors (Lipinski definition) is 3. The molecule has 0 spiro atoms. The van der Waals surface area contributed by atoms with Crippen LogP contribution >= 0.6 is 0 Å². The number of hydrogen-bond acceptors (Lipinski definition) is 7. The van der Waals surface area contributed by atoms with E-state index in [0.717, 1.165) is 11.1 Å². The molecule has 0 saturated carbocycles. The molecule has 2 aromatic carbocycles. The molecule has 0 aliphatic carbocycles. The average Bonchev–Trinajstić information content (AvgIpc) is 2.86. The standard InChI is InChI=1S/C27H30N2O6S/c1-5-11-19(3)27(31)20(4)23(6-2)28-24-16-15-22(18-26(24)36(33,34)35)29(32)17-10-14-25(30)21-12-8-7-9-13-21/h5-9,11-13,15-16,18,28,32H,1,4,10,14,17H2,2-3H3,(H,33,34,35)/b19-11+,23-6+. The summed E-state index contributed by atoms with van der Waals surface area (Å²) in [5.41, 5.74) is 1.38. The number of carbonyl (C=O) groups excluding carboxylic acids is 2. The van der Waals surface area contributed by atoms with Gasteiger partial charge in [0.05, 0.1) is 11.4 Å². The maximum absolute atomic E-state index is 12.6. The minimum Gasteiger partial charge on any atom is -0.354 e. The monoisotopic (exact) mass is 510 g/mol. The van der Waals surface area contributed by atoms with Gasteiger partial charge in [0.2, 0.25) is 0 Å². The number of nitrogens with zero attached hydrogens (tertiary/aromatic N) is 1. The zero-order valence-electron chi connectivity index (χ0n) is 20.3. The molecule has 0 bridgehead atoms. The molecule has 0 aromatic heterocycles. The van der Waals surface area contributed by atoms with Gasteiger partial charge >= 0.3 is 0 Å². The summed E-state index contributed by atoms with van der Waals surface area (Å²) in [6, 6.07) is 12.6. The van der Waals surface area contributed by atoms with E-state index in [4.69, 9.17) is 0 Å². The minimum atomic E-state index is -4.71. The second-order valence-corrected chi connectivity index (χ2v) is 9.28. The van der Waals surface area contributed by atoms with E-state index >= 15 is 0 Å². The highest BCUT2D eigenvalue weighted by atomic mass is 32.2. The number of Topliss-reactive ketones (excluding diaryl/α,β-unsaturated/α-hetero) is 2. The van der Waals surface area contributed by atoms with Crippen molar-refractivity contribution in [2.75, 3.05) is 16.9 Å². The Labute approximate surface area is 211 Å². The number of ketones is 2. The van der Waals surface area contributed by atoms with Gasteiger partial charge in [0.25, 0.3) is 10.1 Å². The van der Waals surface area contributed by atoms with E-state index in [-0.39, 0.29) is 47.2 Å². The Morgan fingerprint density at radius 1 is 1.14 bits per heavy atom. The smallest absolute Gasteiger partial charge is 0.296 e. The minimum absolute atomic E-state index is 0.0127. The van der Waals surface area contributed by atoms with Gasteiger partial charge in [-0.15, -0.1) is 0 Å². The number of anilines is 2. The van der Waals surface area contributed by atoms with Gasteiger partial charge in [0, 0.05) is 29.8 Å². The lowest BCUT2D eigenvalue weighted by Gasteiger charge is -2.20. The lowest BCUT2D eigenvalue weighted by Crippen LogP contribution is -2.21. The number of rotatable bonds is 13. The normalized spacial score (nSPS) is 12.1. The van der Waals surface area contributed by atoms with Crippen molar-refractivity contribution in [3.63, 3.8) is 0 Å². The highest BCUT2D eigenvalue weighted by Crippen LogP contribution is 2.29. The molecule has 36 heavy (non-hydrogen) atoms. The van der Waals surface area contributed by atoms with E-state index < -0.39 is 15.0 Å². The molecule has 2 rings (SSSR count). The Kier molecular flexibility index (Phi) is 10.1. The van der Waals surface area contributed by atoms with Crippen molar-refractivity contribution in [1.82, 2.24) is 0 Å². The van der Waals surface area contributed by atoms with E-state index in [9.17, 15) is 27.8 Å². The molecule has 0 aliphatic rings. The molecule has 0 atom stereocenters. The van der Waals surface area contributed by atoms with E-state index in [0.29, 0.717) is 17.6 Å². The van der Waals surface area contributed by atoms with Crippen molar-refractivity contribution in [3.8, 4) is 0 Å². The number of allylic oxidation sites excluding steroid dienone is 5. The van der Waals surface area contributed by atoms with Crippen molar-refractivity contribution in [2.24, 2.45) is 0 Å². The van der Waals surface area contributed by atoms with Crippen molar-refractivity contribution in [3.05, 3.63) is 102 Å². The van der Waals surface area contributed by atoms with Crippen molar-refractivity contribution < 1.29 is 27.8 Å². The Hall–Kier alpha value is -3.79. The fourth-order valence-electron chi connectivity index (χ4n) is 3.35. The Morgan fingerprint density at radius 2 is 1.81 bits per heavy atom. The first kappa shape index (κ1) is 28.4. The summed E-state index contributed by atoms with van der Waals surface area (Å²) < 4.78 is 34.0. The molecule has 0 amide bonds. The van der Waals surface area contributed by atoms with Crippen LogP contribution in [0.2, 0.25) is 0 Å². The van der Waals surface area contributed by atoms with Crippen LogP contribution in [0.3, 0.4) is 0 Å². The predicted octanol–water partition coefficient (Wildman–Crippen LogP) is 5.37. The van der Waals surface area contributed by atoms with E-state index in [1.54, 1.807) is 44.2 Å².